The van der Waals surface area contributed by atoms with Gasteiger partial charge in [0, 0.05) is 19.6 Å². The Morgan fingerprint density at radius 2 is 2.11 bits per heavy atom. The van der Waals surface area contributed by atoms with Gasteiger partial charge in [-0.15, -0.1) is 0 Å². The molecule has 0 radical (unpaired) electrons. The van der Waals surface area contributed by atoms with Crippen LogP contribution in [-0.2, 0) is 14.3 Å². The predicted molar refractivity (Wildman–Crippen MR) is 75.0 cm³/mol. The first-order valence-corrected chi connectivity index (χ1v) is 7.72. The number of hydrogen-bond donors (Lipinski definition) is 0. The molecule has 1 heterocycles. The molecule has 108 valence electrons. The molecule has 3 heteroatoms. The maximum Gasteiger partial charge on any atom is 0.158 e. The molecule has 0 amide bonds. The van der Waals surface area contributed by atoms with E-state index in [1.54, 1.807) is 0 Å². The standard InChI is InChI=1S/C16H26O3/c1-13-14(8-6-9-15(13)17)7-2-4-11-18-16-10-3-5-12-19-16/h16H,2-12H2,1H3. The average Bonchev–Trinajstić information content (AvgIpc) is 2.44. The monoisotopic (exact) mass is 266 g/mol. The number of allylic oxidation sites excluding steroid dienone is 2. The van der Waals surface area contributed by atoms with Gasteiger partial charge in [0.25, 0.3) is 0 Å². The minimum absolute atomic E-state index is 0.0333. The molecule has 1 fully saturated rings. The third-order valence-corrected chi connectivity index (χ3v) is 4.15. The maximum atomic E-state index is 11.6. The first-order valence-electron chi connectivity index (χ1n) is 7.72. The summed E-state index contributed by atoms with van der Waals surface area (Å²) >= 11 is 0. The van der Waals surface area contributed by atoms with Gasteiger partial charge in [-0.1, -0.05) is 5.57 Å². The highest BCUT2D eigenvalue weighted by Crippen LogP contribution is 2.25. The van der Waals surface area contributed by atoms with Crippen molar-refractivity contribution in [2.45, 2.75) is 71.0 Å². The van der Waals surface area contributed by atoms with Gasteiger partial charge in [-0.25, -0.2) is 0 Å². The van der Waals surface area contributed by atoms with Crippen molar-refractivity contribution >= 4 is 5.78 Å². The van der Waals surface area contributed by atoms with Crippen molar-refractivity contribution < 1.29 is 14.3 Å². The highest BCUT2D eigenvalue weighted by molar-refractivity contribution is 5.96. The van der Waals surface area contributed by atoms with Crippen LogP contribution in [0.2, 0.25) is 0 Å². The van der Waals surface area contributed by atoms with Gasteiger partial charge < -0.3 is 9.47 Å². The first-order chi connectivity index (χ1) is 9.27. The molecule has 0 spiro atoms. The lowest BCUT2D eigenvalue weighted by Crippen LogP contribution is -2.22. The summed E-state index contributed by atoms with van der Waals surface area (Å²) in [7, 11) is 0. The maximum absolute atomic E-state index is 11.6. The van der Waals surface area contributed by atoms with Gasteiger partial charge in [0.05, 0.1) is 0 Å². The van der Waals surface area contributed by atoms with Crippen LogP contribution in [0.15, 0.2) is 11.1 Å². The molecule has 1 atom stereocenters. The van der Waals surface area contributed by atoms with E-state index < -0.39 is 0 Å². The summed E-state index contributed by atoms with van der Waals surface area (Å²) in [5, 5.41) is 0. The van der Waals surface area contributed by atoms with E-state index in [4.69, 9.17) is 9.47 Å². The molecule has 0 bridgehead atoms. The summed E-state index contributed by atoms with van der Waals surface area (Å²) in [5.41, 5.74) is 2.41. The van der Waals surface area contributed by atoms with Crippen molar-refractivity contribution in [1.29, 1.82) is 0 Å². The number of carbonyl (C=O) groups is 1. The molecule has 1 saturated heterocycles. The number of unbranched alkanes of at least 4 members (excludes halogenated alkanes) is 1. The first kappa shape index (κ1) is 14.7. The molecular weight excluding hydrogens is 240 g/mol. The van der Waals surface area contributed by atoms with E-state index in [-0.39, 0.29) is 6.29 Å². The van der Waals surface area contributed by atoms with E-state index in [2.05, 4.69) is 0 Å². The van der Waals surface area contributed by atoms with Gasteiger partial charge in [0.1, 0.15) is 0 Å². The Kier molecular flexibility index (Phi) is 6.05. The van der Waals surface area contributed by atoms with Crippen molar-refractivity contribution in [2.24, 2.45) is 0 Å². The quantitative estimate of drug-likeness (QED) is 0.686. The molecule has 0 aromatic carbocycles. The topological polar surface area (TPSA) is 35.5 Å². The van der Waals surface area contributed by atoms with Gasteiger partial charge in [-0.2, -0.15) is 0 Å². The van der Waals surface area contributed by atoms with Crippen molar-refractivity contribution in [3.63, 3.8) is 0 Å². The number of carbonyl (C=O) groups excluding carboxylic acids is 1. The van der Waals surface area contributed by atoms with Crippen LogP contribution in [0.25, 0.3) is 0 Å². The Balaban J connectivity index is 1.58. The number of Topliss-reactive ketones (excluding diaryl/α,β-unsaturated/α-hetero) is 1. The van der Waals surface area contributed by atoms with E-state index in [1.807, 2.05) is 6.92 Å². The molecule has 2 aliphatic rings. The average molecular weight is 266 g/mol. The zero-order valence-corrected chi connectivity index (χ0v) is 12.1. The van der Waals surface area contributed by atoms with Crippen molar-refractivity contribution in [1.82, 2.24) is 0 Å². The number of ketones is 1. The van der Waals surface area contributed by atoms with Crippen LogP contribution in [0, 0.1) is 0 Å². The summed E-state index contributed by atoms with van der Waals surface area (Å²) in [6.45, 7) is 3.62. The lowest BCUT2D eigenvalue weighted by molar-refractivity contribution is -0.162. The van der Waals surface area contributed by atoms with E-state index in [0.29, 0.717) is 5.78 Å². The third kappa shape index (κ3) is 4.73. The van der Waals surface area contributed by atoms with Crippen molar-refractivity contribution in [2.75, 3.05) is 13.2 Å². The SMILES string of the molecule is CC1=C(CCCCOC2CCCCO2)CCCC1=O. The fourth-order valence-corrected chi connectivity index (χ4v) is 2.84. The number of ether oxygens (including phenoxy) is 2. The second-order valence-corrected chi connectivity index (χ2v) is 5.63. The molecule has 0 saturated carbocycles. The Morgan fingerprint density at radius 3 is 2.89 bits per heavy atom. The lowest BCUT2D eigenvalue weighted by Gasteiger charge is -2.22. The van der Waals surface area contributed by atoms with Crippen LogP contribution >= 0.6 is 0 Å². The lowest BCUT2D eigenvalue weighted by atomic mass is 9.89. The summed E-state index contributed by atoms with van der Waals surface area (Å²) in [6, 6.07) is 0. The molecule has 3 nitrogen and oxygen atoms in total. The number of hydrogen-bond acceptors (Lipinski definition) is 3. The van der Waals surface area contributed by atoms with Gasteiger partial charge in [0.2, 0.25) is 0 Å². The zero-order valence-electron chi connectivity index (χ0n) is 12.1. The summed E-state index contributed by atoms with van der Waals surface area (Å²) in [4.78, 5) is 11.6. The molecule has 1 unspecified atom stereocenters. The molecule has 19 heavy (non-hydrogen) atoms. The molecule has 2 rings (SSSR count). The largest absolute Gasteiger partial charge is 0.353 e. The Morgan fingerprint density at radius 1 is 1.21 bits per heavy atom. The van der Waals surface area contributed by atoms with Crippen molar-refractivity contribution in [3.8, 4) is 0 Å². The van der Waals surface area contributed by atoms with Crippen LogP contribution in [0.1, 0.15) is 64.7 Å². The highest BCUT2D eigenvalue weighted by atomic mass is 16.7. The predicted octanol–water partition coefficient (Wildman–Crippen LogP) is 3.77. The van der Waals surface area contributed by atoms with Crippen LogP contribution in [0.4, 0.5) is 0 Å². The highest BCUT2D eigenvalue weighted by Gasteiger charge is 2.16. The smallest absolute Gasteiger partial charge is 0.158 e. The van der Waals surface area contributed by atoms with E-state index >= 15 is 0 Å². The summed E-state index contributed by atoms with van der Waals surface area (Å²) < 4.78 is 11.2. The summed E-state index contributed by atoms with van der Waals surface area (Å²) in [6.07, 6.45) is 9.61. The molecule has 0 N–H and O–H groups in total. The van der Waals surface area contributed by atoms with Crippen LogP contribution < -0.4 is 0 Å². The van der Waals surface area contributed by atoms with Crippen LogP contribution in [0.5, 0.6) is 0 Å². The fraction of sp³-hybridized carbons (Fsp3) is 0.812. The molecular formula is C16H26O3. The zero-order chi connectivity index (χ0) is 13.5. The minimum Gasteiger partial charge on any atom is -0.353 e. The van der Waals surface area contributed by atoms with Crippen molar-refractivity contribution in [3.05, 3.63) is 11.1 Å². The van der Waals surface area contributed by atoms with E-state index in [0.717, 1.165) is 63.7 Å². The fourth-order valence-electron chi connectivity index (χ4n) is 2.84. The Bertz CT molecular complexity index is 327. The molecule has 1 aliphatic carbocycles. The Hall–Kier alpha value is -0.670. The molecule has 0 aromatic heterocycles. The van der Waals surface area contributed by atoms with Gasteiger partial charge in [-0.3, -0.25) is 4.79 Å². The van der Waals surface area contributed by atoms with Gasteiger partial charge >= 0.3 is 0 Å². The molecule has 1 aliphatic heterocycles. The minimum atomic E-state index is 0.0333. The van der Waals surface area contributed by atoms with Crippen LogP contribution in [-0.4, -0.2) is 25.3 Å². The van der Waals surface area contributed by atoms with Gasteiger partial charge in [-0.05, 0) is 63.9 Å². The van der Waals surface area contributed by atoms with E-state index in [1.165, 1.54) is 18.4 Å². The second kappa shape index (κ2) is 7.81. The number of rotatable bonds is 6. The Labute approximate surface area is 116 Å². The molecule has 0 aromatic rings. The van der Waals surface area contributed by atoms with Gasteiger partial charge in [0.15, 0.2) is 12.1 Å². The van der Waals surface area contributed by atoms with E-state index in [9.17, 15) is 4.79 Å². The second-order valence-electron chi connectivity index (χ2n) is 5.63. The summed E-state index contributed by atoms with van der Waals surface area (Å²) in [5.74, 6) is 0.355. The van der Waals surface area contributed by atoms with Crippen LogP contribution in [0.3, 0.4) is 0 Å². The normalized spacial score (nSPS) is 24.9. The third-order valence-electron chi connectivity index (χ3n) is 4.15.